The molecule has 0 saturated carbocycles. The first-order valence-corrected chi connectivity index (χ1v) is 9.15. The highest BCUT2D eigenvalue weighted by molar-refractivity contribution is 5.95. The van der Waals surface area contributed by atoms with E-state index in [0.29, 0.717) is 13.0 Å². The van der Waals surface area contributed by atoms with Gasteiger partial charge in [-0.2, -0.15) is 0 Å². The lowest BCUT2D eigenvalue weighted by molar-refractivity contribution is -0.117. The number of benzene rings is 2. The van der Waals surface area contributed by atoms with Crippen LogP contribution in [0, 0.1) is 0 Å². The van der Waals surface area contributed by atoms with E-state index >= 15 is 0 Å². The van der Waals surface area contributed by atoms with Crippen LogP contribution in [0.25, 0.3) is 0 Å². The van der Waals surface area contributed by atoms with E-state index in [9.17, 15) is 9.59 Å². The minimum absolute atomic E-state index is 0.172. The average molecular weight is 367 g/mol. The maximum absolute atomic E-state index is 12.2. The molecule has 1 aliphatic rings. The lowest BCUT2D eigenvalue weighted by atomic mass is 10.1. The van der Waals surface area contributed by atoms with Gasteiger partial charge in [0, 0.05) is 30.8 Å². The van der Waals surface area contributed by atoms with Gasteiger partial charge in [0.1, 0.15) is 5.75 Å². The average Bonchev–Trinajstić information content (AvgIpc) is 3.12. The molecule has 3 amide bonds. The number of hydrogen-bond acceptors (Lipinski definition) is 3. The lowest BCUT2D eigenvalue weighted by Crippen LogP contribution is -2.36. The number of carbonyl (C=O) groups is 2. The number of anilines is 1. The van der Waals surface area contributed by atoms with Crippen molar-refractivity contribution in [3.8, 4) is 5.75 Å². The van der Waals surface area contributed by atoms with Gasteiger partial charge in [-0.25, -0.2) is 4.79 Å². The monoisotopic (exact) mass is 367 g/mol. The molecule has 0 radical (unpaired) electrons. The van der Waals surface area contributed by atoms with Crippen LogP contribution in [-0.2, 0) is 11.3 Å². The smallest absolute Gasteiger partial charge is 0.315 e. The van der Waals surface area contributed by atoms with E-state index in [1.54, 1.807) is 12.0 Å². The Morgan fingerprint density at radius 2 is 1.93 bits per heavy atom. The van der Waals surface area contributed by atoms with Crippen molar-refractivity contribution >= 4 is 17.6 Å². The largest absolute Gasteiger partial charge is 0.496 e. The summed E-state index contributed by atoms with van der Waals surface area (Å²) in [7, 11) is 1.62. The normalized spacial score (nSPS) is 14.7. The van der Waals surface area contributed by atoms with Crippen molar-refractivity contribution < 1.29 is 14.3 Å². The molecule has 0 bridgehead atoms. The van der Waals surface area contributed by atoms with E-state index in [4.69, 9.17) is 4.74 Å². The number of nitrogens with one attached hydrogen (secondary N) is 2. The number of methoxy groups -OCH3 is 1. The fourth-order valence-electron chi connectivity index (χ4n) is 3.25. The summed E-state index contributed by atoms with van der Waals surface area (Å²) in [5.74, 6) is 0.919. The second-order valence-electron chi connectivity index (χ2n) is 6.61. The number of rotatable bonds is 6. The first kappa shape index (κ1) is 18.8. The molecule has 0 aromatic heterocycles. The molecule has 0 unspecified atom stereocenters. The van der Waals surface area contributed by atoms with Crippen molar-refractivity contribution in [3.05, 3.63) is 59.7 Å². The quantitative estimate of drug-likeness (QED) is 0.822. The van der Waals surface area contributed by atoms with Crippen LogP contribution in [0.1, 0.15) is 36.9 Å². The zero-order chi connectivity index (χ0) is 19.2. The minimum Gasteiger partial charge on any atom is -0.496 e. The summed E-state index contributed by atoms with van der Waals surface area (Å²) in [6, 6.07) is 14.9. The van der Waals surface area contributed by atoms with E-state index in [0.717, 1.165) is 35.5 Å². The number of nitrogens with zero attached hydrogens (tertiary/aromatic N) is 1. The lowest BCUT2D eigenvalue weighted by Gasteiger charge is -2.18. The third kappa shape index (κ3) is 4.58. The number of ether oxygens (including phenoxy) is 1. The van der Waals surface area contributed by atoms with Crippen molar-refractivity contribution in [2.45, 2.75) is 32.4 Å². The molecule has 6 nitrogen and oxygen atoms in total. The number of urea groups is 1. The molecule has 0 aliphatic carbocycles. The number of para-hydroxylation sites is 1. The number of carbonyl (C=O) groups excluding carboxylic acids is 2. The summed E-state index contributed by atoms with van der Waals surface area (Å²) in [6.07, 6.45) is 1.53. The van der Waals surface area contributed by atoms with Crippen LogP contribution >= 0.6 is 0 Å². The van der Waals surface area contributed by atoms with Crippen LogP contribution in [0.4, 0.5) is 10.5 Å². The van der Waals surface area contributed by atoms with Gasteiger partial charge in [-0.05, 0) is 37.1 Å². The highest BCUT2D eigenvalue weighted by Gasteiger charge is 2.21. The Morgan fingerprint density at radius 3 is 2.59 bits per heavy atom. The highest BCUT2D eigenvalue weighted by atomic mass is 16.5. The summed E-state index contributed by atoms with van der Waals surface area (Å²) in [4.78, 5) is 25.8. The first-order valence-electron chi connectivity index (χ1n) is 9.15. The third-order valence-electron chi connectivity index (χ3n) is 4.73. The molecule has 1 saturated heterocycles. The second kappa shape index (κ2) is 8.58. The van der Waals surface area contributed by atoms with Gasteiger partial charge in [-0.1, -0.05) is 30.3 Å². The van der Waals surface area contributed by atoms with Crippen LogP contribution < -0.4 is 20.3 Å². The fraction of sp³-hybridized carbons (Fsp3) is 0.333. The van der Waals surface area contributed by atoms with Crippen LogP contribution in [0.5, 0.6) is 5.75 Å². The van der Waals surface area contributed by atoms with Crippen molar-refractivity contribution in [3.63, 3.8) is 0 Å². The van der Waals surface area contributed by atoms with Crippen molar-refractivity contribution in [2.24, 2.45) is 0 Å². The molecule has 6 heteroatoms. The highest BCUT2D eigenvalue weighted by Crippen LogP contribution is 2.24. The molecule has 2 N–H and O–H groups in total. The molecular formula is C21H25N3O3. The summed E-state index contributed by atoms with van der Waals surface area (Å²) in [5, 5.41) is 5.78. The van der Waals surface area contributed by atoms with Crippen molar-refractivity contribution in [1.82, 2.24) is 10.6 Å². The summed E-state index contributed by atoms with van der Waals surface area (Å²) in [5.41, 5.74) is 2.82. The van der Waals surface area contributed by atoms with Crippen molar-refractivity contribution in [2.75, 3.05) is 18.6 Å². The SMILES string of the molecule is COc1ccccc1[C@H](C)NC(=O)NCc1ccc(N2CCCC2=O)cc1. The maximum atomic E-state index is 12.2. The molecule has 3 rings (SSSR count). The summed E-state index contributed by atoms with van der Waals surface area (Å²) >= 11 is 0. The number of hydrogen-bond donors (Lipinski definition) is 2. The molecule has 142 valence electrons. The Morgan fingerprint density at radius 1 is 1.19 bits per heavy atom. The molecular weight excluding hydrogens is 342 g/mol. The van der Waals surface area contributed by atoms with Gasteiger partial charge < -0.3 is 20.3 Å². The molecule has 1 fully saturated rings. The molecule has 1 heterocycles. The zero-order valence-corrected chi connectivity index (χ0v) is 15.7. The van der Waals surface area contributed by atoms with E-state index in [-0.39, 0.29) is 18.0 Å². The molecule has 0 spiro atoms. The van der Waals surface area contributed by atoms with Gasteiger partial charge in [-0.15, -0.1) is 0 Å². The third-order valence-corrected chi connectivity index (χ3v) is 4.73. The second-order valence-corrected chi connectivity index (χ2v) is 6.61. The van der Waals surface area contributed by atoms with Crippen LogP contribution in [0.2, 0.25) is 0 Å². The molecule has 27 heavy (non-hydrogen) atoms. The van der Waals surface area contributed by atoms with Crippen LogP contribution in [0.15, 0.2) is 48.5 Å². The Balaban J connectivity index is 1.52. The van der Waals surface area contributed by atoms with Gasteiger partial charge in [0.2, 0.25) is 5.91 Å². The Kier molecular flexibility index (Phi) is 5.96. The predicted octanol–water partition coefficient (Wildman–Crippen LogP) is 3.38. The topological polar surface area (TPSA) is 70.7 Å². The van der Waals surface area contributed by atoms with Gasteiger partial charge in [0.25, 0.3) is 0 Å². The molecule has 2 aromatic carbocycles. The summed E-state index contributed by atoms with van der Waals surface area (Å²) in [6.45, 7) is 3.11. The van der Waals surface area contributed by atoms with Crippen LogP contribution in [-0.4, -0.2) is 25.6 Å². The zero-order valence-electron chi connectivity index (χ0n) is 15.7. The standard InChI is InChI=1S/C21H25N3O3/c1-15(18-6-3-4-7-19(18)27-2)23-21(26)22-14-16-9-11-17(12-10-16)24-13-5-8-20(24)25/h3-4,6-7,9-12,15H,5,8,13-14H2,1-2H3,(H2,22,23,26)/t15-/m0/s1. The Hall–Kier alpha value is -3.02. The summed E-state index contributed by atoms with van der Waals surface area (Å²) < 4.78 is 5.34. The van der Waals surface area contributed by atoms with Crippen molar-refractivity contribution in [1.29, 1.82) is 0 Å². The number of amides is 3. The van der Waals surface area contributed by atoms with Gasteiger partial charge in [-0.3, -0.25) is 4.79 Å². The first-order chi connectivity index (χ1) is 13.1. The minimum atomic E-state index is -0.243. The van der Waals surface area contributed by atoms with E-state index in [1.165, 1.54) is 0 Å². The Labute approximate surface area is 159 Å². The molecule has 1 atom stereocenters. The molecule has 2 aromatic rings. The van der Waals surface area contributed by atoms with E-state index in [2.05, 4.69) is 10.6 Å². The van der Waals surface area contributed by atoms with Gasteiger partial charge in [0.05, 0.1) is 13.2 Å². The van der Waals surface area contributed by atoms with Gasteiger partial charge in [0.15, 0.2) is 0 Å². The maximum Gasteiger partial charge on any atom is 0.315 e. The van der Waals surface area contributed by atoms with E-state index < -0.39 is 0 Å². The van der Waals surface area contributed by atoms with Crippen LogP contribution in [0.3, 0.4) is 0 Å². The van der Waals surface area contributed by atoms with Gasteiger partial charge >= 0.3 is 6.03 Å². The Bertz CT molecular complexity index is 805. The molecule has 1 aliphatic heterocycles. The van der Waals surface area contributed by atoms with E-state index in [1.807, 2.05) is 55.5 Å². The fourth-order valence-corrected chi connectivity index (χ4v) is 3.25. The predicted molar refractivity (Wildman–Crippen MR) is 105 cm³/mol.